The van der Waals surface area contributed by atoms with Gasteiger partial charge in [-0.2, -0.15) is 10.2 Å². The summed E-state index contributed by atoms with van der Waals surface area (Å²) in [6.07, 6.45) is -0.367. The second-order valence-corrected chi connectivity index (χ2v) is 8.09. The van der Waals surface area contributed by atoms with Gasteiger partial charge in [0.1, 0.15) is 11.6 Å². The van der Waals surface area contributed by atoms with Gasteiger partial charge in [0, 0.05) is 5.56 Å². The van der Waals surface area contributed by atoms with Gasteiger partial charge in [-0.15, -0.1) is 0 Å². The number of hydrogen-bond acceptors (Lipinski definition) is 4. The first-order valence-electron chi connectivity index (χ1n) is 10.3. The van der Waals surface area contributed by atoms with Gasteiger partial charge in [0.25, 0.3) is 0 Å². The zero-order valence-electron chi connectivity index (χ0n) is 16.3. The fourth-order valence-electron chi connectivity index (χ4n) is 5.28. The second kappa shape index (κ2) is 6.61. The highest BCUT2D eigenvalue weighted by Crippen LogP contribution is 2.55. The van der Waals surface area contributed by atoms with Crippen LogP contribution in [0.25, 0.3) is 0 Å². The van der Waals surface area contributed by atoms with Gasteiger partial charge in [-0.1, -0.05) is 91.0 Å². The van der Waals surface area contributed by atoms with E-state index in [4.69, 9.17) is 15.0 Å². The molecule has 0 saturated carbocycles. The maximum atomic E-state index is 13.9. The Morgan fingerprint density at radius 2 is 1.40 bits per heavy atom. The van der Waals surface area contributed by atoms with Crippen LogP contribution in [0.2, 0.25) is 0 Å². The first-order valence-corrected chi connectivity index (χ1v) is 10.3. The van der Waals surface area contributed by atoms with E-state index in [1.54, 1.807) is 0 Å². The molecule has 3 aromatic carbocycles. The molecule has 4 atom stereocenters. The summed E-state index contributed by atoms with van der Waals surface area (Å²) in [7, 11) is 0. The van der Waals surface area contributed by atoms with Crippen LogP contribution < -0.4 is 0 Å². The summed E-state index contributed by atoms with van der Waals surface area (Å²) >= 11 is 0. The van der Waals surface area contributed by atoms with E-state index in [9.17, 15) is 4.79 Å². The van der Waals surface area contributed by atoms with Crippen molar-refractivity contribution in [3.8, 4) is 0 Å². The molecule has 2 saturated heterocycles. The number of nitrogens with zero attached hydrogens (tertiary/aromatic N) is 3. The first kappa shape index (κ1) is 17.5. The molecule has 3 aliphatic rings. The molecular formula is C25H21N3O2. The zero-order valence-corrected chi connectivity index (χ0v) is 16.3. The minimum atomic E-state index is -0.810. The number of carbonyl (C=O) groups is 1. The Bertz CT molecular complexity index is 1060. The fourth-order valence-corrected chi connectivity index (χ4v) is 5.28. The number of hydrogen-bond donors (Lipinski definition) is 0. The van der Waals surface area contributed by atoms with E-state index >= 15 is 0 Å². The molecule has 3 heterocycles. The van der Waals surface area contributed by atoms with E-state index in [0.29, 0.717) is 6.61 Å². The normalized spacial score (nSPS) is 28.5. The van der Waals surface area contributed by atoms with E-state index in [2.05, 4.69) is 24.3 Å². The predicted octanol–water partition coefficient (Wildman–Crippen LogP) is 4.32. The van der Waals surface area contributed by atoms with Crippen LogP contribution in [-0.4, -0.2) is 29.5 Å². The lowest BCUT2D eigenvalue weighted by molar-refractivity contribution is -0.138. The van der Waals surface area contributed by atoms with Crippen LogP contribution >= 0.6 is 0 Å². The summed E-state index contributed by atoms with van der Waals surface area (Å²) < 4.78 is 6.07. The summed E-state index contributed by atoms with van der Waals surface area (Å²) in [6.45, 7) is 0.477. The van der Waals surface area contributed by atoms with Crippen LogP contribution in [0, 0.1) is 5.92 Å². The van der Waals surface area contributed by atoms with Gasteiger partial charge >= 0.3 is 0 Å². The highest BCUT2D eigenvalue weighted by Gasteiger charge is 2.65. The first-order chi connectivity index (χ1) is 14.8. The minimum absolute atomic E-state index is 0.0639. The molecule has 30 heavy (non-hydrogen) atoms. The van der Waals surface area contributed by atoms with E-state index in [1.165, 1.54) is 0 Å². The van der Waals surface area contributed by atoms with Crippen molar-refractivity contribution in [2.75, 3.05) is 6.61 Å². The monoisotopic (exact) mass is 395 g/mol. The zero-order chi connectivity index (χ0) is 20.1. The number of fused-ring (bicyclic) bond motifs is 3. The summed E-state index contributed by atoms with van der Waals surface area (Å²) in [6, 6.07) is 29.8. The Morgan fingerprint density at radius 3 is 2.00 bits per heavy atom. The third kappa shape index (κ3) is 2.30. The Morgan fingerprint density at radius 1 is 0.833 bits per heavy atom. The van der Waals surface area contributed by atoms with Crippen molar-refractivity contribution < 1.29 is 9.53 Å². The van der Waals surface area contributed by atoms with E-state index < -0.39 is 5.54 Å². The van der Waals surface area contributed by atoms with E-state index in [1.807, 2.05) is 71.6 Å². The van der Waals surface area contributed by atoms with Gasteiger partial charge in [0.15, 0.2) is 6.23 Å². The van der Waals surface area contributed by atoms with E-state index in [0.717, 1.165) is 16.7 Å². The smallest absolute Gasteiger partial charge is 0.233 e. The minimum Gasteiger partial charge on any atom is -0.352 e. The molecule has 0 aromatic heterocycles. The number of ether oxygens (including phenoxy) is 1. The topological polar surface area (TPSA) is 54.3 Å². The SMILES string of the molecule is O=C1[C@H]2[C@H](N=NC2(c2ccccc2)c2ccccc2)[C@H]2CO[C@H](c3ccccc3)N12. The Labute approximate surface area is 175 Å². The van der Waals surface area contributed by atoms with Crippen molar-refractivity contribution in [1.29, 1.82) is 0 Å². The van der Waals surface area contributed by atoms with Crippen molar-refractivity contribution in [1.82, 2.24) is 4.90 Å². The number of amides is 1. The van der Waals surface area contributed by atoms with Crippen LogP contribution in [0.4, 0.5) is 0 Å². The standard InChI is InChI=1S/C25H21N3O2/c29-23-21-22(20-16-30-24(28(20)23)17-10-4-1-5-11-17)26-27-25(21,18-12-6-2-7-13-18)19-14-8-3-9-15-19/h1-15,20-22,24H,16H2/t20-,21-,22-,24-/m1/s1. The lowest BCUT2D eigenvalue weighted by atomic mass is 9.72. The van der Waals surface area contributed by atoms with Crippen LogP contribution in [0.15, 0.2) is 101 Å². The number of rotatable bonds is 3. The molecule has 0 bridgehead atoms. The Balaban J connectivity index is 1.48. The Kier molecular flexibility index (Phi) is 3.86. The molecule has 2 fully saturated rings. The van der Waals surface area contributed by atoms with Crippen molar-refractivity contribution >= 4 is 5.91 Å². The molecule has 1 amide bonds. The maximum absolute atomic E-state index is 13.9. The lowest BCUT2D eigenvalue weighted by Gasteiger charge is -2.32. The average molecular weight is 395 g/mol. The third-order valence-electron chi connectivity index (χ3n) is 6.60. The predicted molar refractivity (Wildman–Crippen MR) is 112 cm³/mol. The average Bonchev–Trinajstić information content (AvgIpc) is 3.49. The molecule has 0 spiro atoms. The maximum Gasteiger partial charge on any atom is 0.233 e. The molecule has 0 N–H and O–H groups in total. The fraction of sp³-hybridized carbons (Fsp3) is 0.240. The summed E-state index contributed by atoms with van der Waals surface area (Å²) in [5.41, 5.74) is 2.18. The largest absolute Gasteiger partial charge is 0.352 e. The third-order valence-corrected chi connectivity index (χ3v) is 6.60. The highest BCUT2D eigenvalue weighted by molar-refractivity contribution is 5.87. The van der Waals surface area contributed by atoms with Gasteiger partial charge in [-0.05, 0) is 11.1 Å². The van der Waals surface area contributed by atoms with E-state index in [-0.39, 0.29) is 30.1 Å². The summed E-state index contributed by atoms with van der Waals surface area (Å²) in [5, 5.41) is 9.53. The quantitative estimate of drug-likeness (QED) is 0.663. The molecule has 0 unspecified atom stereocenters. The molecule has 3 aromatic rings. The van der Waals surface area contributed by atoms with Gasteiger partial charge in [0.2, 0.25) is 5.91 Å². The van der Waals surface area contributed by atoms with Crippen molar-refractivity contribution in [2.45, 2.75) is 23.9 Å². The lowest BCUT2D eigenvalue weighted by Crippen LogP contribution is -2.41. The molecule has 6 rings (SSSR count). The number of benzene rings is 3. The van der Waals surface area contributed by atoms with Crippen molar-refractivity contribution in [3.05, 3.63) is 108 Å². The molecule has 5 nitrogen and oxygen atoms in total. The second-order valence-electron chi connectivity index (χ2n) is 8.09. The van der Waals surface area contributed by atoms with Gasteiger partial charge in [-0.3, -0.25) is 4.79 Å². The number of azo groups is 1. The van der Waals surface area contributed by atoms with Crippen LogP contribution in [0.5, 0.6) is 0 Å². The van der Waals surface area contributed by atoms with Crippen molar-refractivity contribution in [3.63, 3.8) is 0 Å². The van der Waals surface area contributed by atoms with Crippen molar-refractivity contribution in [2.24, 2.45) is 16.1 Å². The van der Waals surface area contributed by atoms with Crippen LogP contribution in [0.3, 0.4) is 0 Å². The summed E-state index contributed by atoms with van der Waals surface area (Å²) in [4.78, 5) is 15.8. The molecule has 5 heteroatoms. The van der Waals surface area contributed by atoms with Crippen LogP contribution in [0.1, 0.15) is 22.9 Å². The molecule has 0 aliphatic carbocycles. The highest BCUT2D eigenvalue weighted by atomic mass is 16.5. The molecule has 148 valence electrons. The summed E-state index contributed by atoms with van der Waals surface area (Å²) in [5.74, 6) is -0.309. The van der Waals surface area contributed by atoms with Gasteiger partial charge < -0.3 is 9.64 Å². The molecule has 3 aliphatic heterocycles. The molecule has 0 radical (unpaired) electrons. The molecular weight excluding hydrogens is 374 g/mol. The van der Waals surface area contributed by atoms with Gasteiger partial charge in [-0.25, -0.2) is 0 Å². The Hall–Kier alpha value is -3.31. The number of carbonyl (C=O) groups excluding carboxylic acids is 1. The van der Waals surface area contributed by atoms with Gasteiger partial charge in [0.05, 0.1) is 18.6 Å². The van der Waals surface area contributed by atoms with Crippen LogP contribution in [-0.2, 0) is 15.1 Å².